The average molecular weight is 343 g/mol. The van der Waals surface area contributed by atoms with E-state index in [4.69, 9.17) is 0 Å². The van der Waals surface area contributed by atoms with Gasteiger partial charge in [-0.1, -0.05) is 78.9 Å². The summed E-state index contributed by atoms with van der Waals surface area (Å²) in [5.41, 5.74) is 4.93. The lowest BCUT2D eigenvalue weighted by Gasteiger charge is -2.09. The number of benzene rings is 5. The minimum absolute atomic E-state index is 1.19. The molecule has 0 spiro atoms. The number of rotatable bonds is 1. The summed E-state index contributed by atoms with van der Waals surface area (Å²) in [7, 11) is 0. The van der Waals surface area contributed by atoms with Gasteiger partial charge in [0.1, 0.15) is 0 Å². The number of hydrogen-bond acceptors (Lipinski definition) is 0. The quantitative estimate of drug-likeness (QED) is 0.322. The van der Waals surface area contributed by atoms with Gasteiger partial charge in [0, 0.05) is 21.9 Å². The molecule has 1 nitrogen and oxygen atoms in total. The van der Waals surface area contributed by atoms with Crippen LogP contribution in [0.4, 0.5) is 0 Å². The second-order valence-electron chi connectivity index (χ2n) is 7.13. The van der Waals surface area contributed by atoms with Crippen molar-refractivity contribution in [3.8, 4) is 11.1 Å². The predicted molar refractivity (Wildman–Crippen MR) is 116 cm³/mol. The van der Waals surface area contributed by atoms with Gasteiger partial charge in [0.2, 0.25) is 0 Å². The van der Waals surface area contributed by atoms with E-state index in [9.17, 15) is 0 Å². The van der Waals surface area contributed by atoms with Crippen LogP contribution in [0.2, 0.25) is 0 Å². The van der Waals surface area contributed by atoms with E-state index >= 15 is 0 Å². The first-order valence-corrected chi connectivity index (χ1v) is 9.30. The normalized spacial score (nSPS) is 11.7. The van der Waals surface area contributed by atoms with E-state index in [1.165, 1.54) is 54.5 Å². The second kappa shape index (κ2) is 5.46. The lowest BCUT2D eigenvalue weighted by molar-refractivity contribution is 1.55. The molecule has 0 saturated heterocycles. The van der Waals surface area contributed by atoms with Crippen molar-refractivity contribution in [2.75, 3.05) is 0 Å². The van der Waals surface area contributed by atoms with E-state index in [1.54, 1.807) is 0 Å². The fourth-order valence-electron chi connectivity index (χ4n) is 4.30. The zero-order valence-electron chi connectivity index (χ0n) is 14.7. The Morgan fingerprint density at radius 3 is 1.93 bits per heavy atom. The van der Waals surface area contributed by atoms with Gasteiger partial charge in [-0.05, 0) is 45.3 Å². The van der Waals surface area contributed by atoms with E-state index in [1.807, 2.05) is 0 Å². The molecule has 1 N–H and O–H groups in total. The van der Waals surface area contributed by atoms with Crippen molar-refractivity contribution in [2.45, 2.75) is 0 Å². The Morgan fingerprint density at radius 1 is 0.481 bits per heavy atom. The molecule has 0 radical (unpaired) electrons. The van der Waals surface area contributed by atoms with Crippen LogP contribution < -0.4 is 0 Å². The van der Waals surface area contributed by atoms with E-state index < -0.39 is 0 Å². The molecule has 126 valence electrons. The molecule has 5 aromatic carbocycles. The Kier molecular flexibility index (Phi) is 2.95. The van der Waals surface area contributed by atoms with Crippen molar-refractivity contribution in [2.24, 2.45) is 0 Å². The third-order valence-electron chi connectivity index (χ3n) is 5.55. The first-order chi connectivity index (χ1) is 13.4. The van der Waals surface area contributed by atoms with Crippen LogP contribution in [0.3, 0.4) is 0 Å². The van der Waals surface area contributed by atoms with Gasteiger partial charge in [-0.3, -0.25) is 0 Å². The van der Waals surface area contributed by atoms with Crippen molar-refractivity contribution >= 4 is 43.4 Å². The molecule has 0 amide bonds. The van der Waals surface area contributed by atoms with Crippen molar-refractivity contribution in [3.05, 3.63) is 97.1 Å². The van der Waals surface area contributed by atoms with Crippen molar-refractivity contribution in [1.82, 2.24) is 4.98 Å². The van der Waals surface area contributed by atoms with Crippen LogP contribution in [0.5, 0.6) is 0 Å². The predicted octanol–water partition coefficient (Wildman–Crippen LogP) is 7.29. The number of nitrogens with one attached hydrogen (secondary N) is 1. The topological polar surface area (TPSA) is 15.8 Å². The Morgan fingerprint density at radius 2 is 1.11 bits per heavy atom. The molecule has 0 fully saturated rings. The highest BCUT2D eigenvalue weighted by Gasteiger charge is 2.14. The summed E-state index contributed by atoms with van der Waals surface area (Å²) in [5, 5.41) is 7.67. The Labute approximate surface area is 156 Å². The van der Waals surface area contributed by atoms with E-state index in [2.05, 4.69) is 102 Å². The summed E-state index contributed by atoms with van der Waals surface area (Å²) in [6.07, 6.45) is 0. The summed E-state index contributed by atoms with van der Waals surface area (Å²) >= 11 is 0. The molecule has 0 aliphatic carbocycles. The van der Waals surface area contributed by atoms with Crippen molar-refractivity contribution < 1.29 is 0 Å². The maximum atomic E-state index is 3.73. The van der Waals surface area contributed by atoms with Crippen LogP contribution in [0.25, 0.3) is 54.5 Å². The maximum Gasteiger partial charge on any atom is 0.0551 e. The number of aromatic nitrogens is 1. The van der Waals surface area contributed by atoms with Crippen LogP contribution >= 0.6 is 0 Å². The molecule has 1 heteroatoms. The maximum absolute atomic E-state index is 3.73. The number of aromatic amines is 1. The number of fused-ring (bicyclic) bond motifs is 5. The van der Waals surface area contributed by atoms with Gasteiger partial charge in [-0.25, -0.2) is 0 Å². The van der Waals surface area contributed by atoms with E-state index in [0.717, 1.165) is 0 Å². The van der Waals surface area contributed by atoms with Crippen LogP contribution in [0.1, 0.15) is 0 Å². The first-order valence-electron chi connectivity index (χ1n) is 9.30. The van der Waals surface area contributed by atoms with Crippen molar-refractivity contribution in [3.63, 3.8) is 0 Å². The SMILES string of the molecule is c1ccc(-c2c3ccccc3cc3c2[nH]c2cc4ccccc4cc23)cc1. The molecule has 27 heavy (non-hydrogen) atoms. The average Bonchev–Trinajstić information content (AvgIpc) is 3.07. The van der Waals surface area contributed by atoms with Gasteiger partial charge in [0.25, 0.3) is 0 Å². The van der Waals surface area contributed by atoms with Crippen LogP contribution in [-0.2, 0) is 0 Å². The second-order valence-corrected chi connectivity index (χ2v) is 7.13. The van der Waals surface area contributed by atoms with Crippen molar-refractivity contribution in [1.29, 1.82) is 0 Å². The van der Waals surface area contributed by atoms with Gasteiger partial charge in [-0.15, -0.1) is 0 Å². The third kappa shape index (κ3) is 2.12. The molecule has 1 heterocycles. The van der Waals surface area contributed by atoms with Gasteiger partial charge < -0.3 is 4.98 Å². The molecule has 0 saturated carbocycles. The summed E-state index contributed by atoms with van der Waals surface area (Å²) in [6, 6.07) is 34.8. The molecule has 6 rings (SSSR count). The molecule has 1 aromatic heterocycles. The lowest BCUT2D eigenvalue weighted by atomic mass is 9.95. The van der Waals surface area contributed by atoms with Gasteiger partial charge in [0.05, 0.1) is 5.52 Å². The largest absolute Gasteiger partial charge is 0.354 e. The van der Waals surface area contributed by atoms with Gasteiger partial charge in [0.15, 0.2) is 0 Å². The molecule has 0 aliphatic heterocycles. The summed E-state index contributed by atoms with van der Waals surface area (Å²) < 4.78 is 0. The minimum Gasteiger partial charge on any atom is -0.354 e. The Bertz CT molecular complexity index is 1460. The minimum atomic E-state index is 1.19. The zero-order chi connectivity index (χ0) is 17.8. The summed E-state index contributed by atoms with van der Waals surface area (Å²) in [5.74, 6) is 0. The molecule has 0 atom stereocenters. The highest BCUT2D eigenvalue weighted by molar-refractivity contribution is 6.21. The van der Waals surface area contributed by atoms with E-state index in [-0.39, 0.29) is 0 Å². The third-order valence-corrected chi connectivity index (χ3v) is 5.55. The smallest absolute Gasteiger partial charge is 0.0551 e. The first kappa shape index (κ1) is 14.6. The van der Waals surface area contributed by atoms with E-state index in [0.29, 0.717) is 0 Å². The highest BCUT2D eigenvalue weighted by atomic mass is 14.7. The highest BCUT2D eigenvalue weighted by Crippen LogP contribution is 2.39. The number of hydrogen-bond donors (Lipinski definition) is 1. The van der Waals surface area contributed by atoms with Crippen LogP contribution in [-0.4, -0.2) is 4.98 Å². The molecule has 0 aliphatic rings. The molecular formula is C26H17N. The lowest BCUT2D eigenvalue weighted by Crippen LogP contribution is -1.84. The molecule has 0 unspecified atom stereocenters. The fraction of sp³-hybridized carbons (Fsp3) is 0. The zero-order valence-corrected chi connectivity index (χ0v) is 14.7. The van der Waals surface area contributed by atoms with Crippen LogP contribution in [0, 0.1) is 0 Å². The van der Waals surface area contributed by atoms with Gasteiger partial charge in [-0.2, -0.15) is 0 Å². The molecule has 0 bridgehead atoms. The molecular weight excluding hydrogens is 326 g/mol. The fourth-order valence-corrected chi connectivity index (χ4v) is 4.30. The summed E-state index contributed by atoms with van der Waals surface area (Å²) in [4.78, 5) is 3.73. The standard InChI is InChI=1S/C26H17N/c1-2-8-17(9-3-1)25-21-13-7-6-12-20(21)15-23-22-14-18-10-4-5-11-19(18)16-24(22)27-26(23)25/h1-16,27H. The summed E-state index contributed by atoms with van der Waals surface area (Å²) in [6.45, 7) is 0. The van der Waals surface area contributed by atoms with Crippen LogP contribution in [0.15, 0.2) is 97.1 Å². The monoisotopic (exact) mass is 343 g/mol. The number of H-pyrrole nitrogens is 1. The Hall–Kier alpha value is -3.58. The molecule has 6 aromatic rings. The Balaban J connectivity index is 1.85. The van der Waals surface area contributed by atoms with Gasteiger partial charge >= 0.3 is 0 Å².